The van der Waals surface area contributed by atoms with Crippen LogP contribution in [-0.2, 0) is 63.8 Å². The van der Waals surface area contributed by atoms with E-state index in [-0.39, 0.29) is 133 Å². The summed E-state index contributed by atoms with van der Waals surface area (Å²) in [6.07, 6.45) is -1.14. The van der Waals surface area contributed by atoms with Gasteiger partial charge in [-0.2, -0.15) is 0 Å². The zero-order valence-corrected chi connectivity index (χ0v) is 74.2. The van der Waals surface area contributed by atoms with Gasteiger partial charge in [0.2, 0.25) is 0 Å². The third-order valence-corrected chi connectivity index (χ3v) is 25.1. The number of nitrogens with two attached hydrogens (primary N) is 4. The largest absolute Gasteiger partial charge is 0.493 e. The van der Waals surface area contributed by atoms with Crippen LogP contribution in [-0.4, -0.2) is 201 Å². The number of ether oxygens (including phenoxy) is 12. The van der Waals surface area contributed by atoms with Crippen molar-refractivity contribution in [3.63, 3.8) is 0 Å². The third kappa shape index (κ3) is 23.8. The molecule has 120 heavy (non-hydrogen) atoms. The molecule has 4 aromatic carbocycles. The minimum absolute atomic E-state index is 0.0115. The van der Waals surface area contributed by atoms with E-state index < -0.39 is 120 Å². The second kappa shape index (κ2) is 43.9. The summed E-state index contributed by atoms with van der Waals surface area (Å²) in [4.78, 5) is 60.2. The van der Waals surface area contributed by atoms with Crippen molar-refractivity contribution in [1.82, 2.24) is 19.6 Å². The molecule has 672 valence electrons. The number of benzene rings is 4. The minimum atomic E-state index is -2.93. The van der Waals surface area contributed by atoms with Gasteiger partial charge in [0.15, 0.2) is 46.0 Å². The second-order valence-corrected chi connectivity index (χ2v) is 35.8. The second-order valence-electron chi connectivity index (χ2n) is 35.8. The van der Waals surface area contributed by atoms with Crippen LogP contribution in [0.3, 0.4) is 0 Å². The molecule has 0 bridgehead atoms. The summed E-state index contributed by atoms with van der Waals surface area (Å²) < 4.78 is 233. The van der Waals surface area contributed by atoms with Gasteiger partial charge in [-0.25, -0.2) is 0 Å². The van der Waals surface area contributed by atoms with E-state index in [0.717, 1.165) is 117 Å². The molecule has 24 heteroatoms. The smallest absolute Gasteiger partial charge is 0.323 e. The lowest BCUT2D eigenvalue weighted by atomic mass is 9.79. The topological polar surface area (TPSA) is 296 Å². The highest BCUT2D eigenvalue weighted by Crippen LogP contribution is 2.50. The standard InChI is InChI=1S/4C24H38N2O4/c4*1-14(2)9-17-13-26-8-7-16-10-21(28-5)22(29-6)11-18(16)19(26)12-20(17)30-24(27)23(25)15(3)4/h4*10-11,14-15,17,19-20,23H,7-9,12-13,25H2,1-6H3/t2*17-,19-,20+,23+;2*17-,19-,20+,23-/m1100/s1/i5D3;;2*1D3,5D3,9D2,14D/t2m;2*14?,17-,19-,20+,23-. The van der Waals surface area contributed by atoms with Crippen LogP contribution in [0, 0.1) is 71.0 Å². The quantitative estimate of drug-likeness (QED) is 0.0303. The first kappa shape index (κ1) is 70.2. The van der Waals surface area contributed by atoms with Crippen LogP contribution >= 0.6 is 0 Å². The number of piperidine rings is 4. The fourth-order valence-corrected chi connectivity index (χ4v) is 18.3. The van der Waals surface area contributed by atoms with E-state index in [1.54, 1.807) is 72.2 Å². The third-order valence-electron chi connectivity index (χ3n) is 25.1. The Morgan fingerprint density at radius 1 is 0.358 bits per heavy atom. The van der Waals surface area contributed by atoms with E-state index in [0.29, 0.717) is 55.9 Å². The number of carbonyl (C=O) groups is 4. The van der Waals surface area contributed by atoms with E-state index >= 15 is 0 Å². The number of hydrogen-bond acceptors (Lipinski definition) is 24. The molecule has 0 amide bonds. The van der Waals surface area contributed by atoms with Gasteiger partial charge in [-0.1, -0.05) is 111 Å². The van der Waals surface area contributed by atoms with E-state index in [4.69, 9.17) is 109 Å². The summed E-state index contributed by atoms with van der Waals surface area (Å²) in [5.41, 5.74) is 32.1. The molecule has 4 aromatic rings. The summed E-state index contributed by atoms with van der Waals surface area (Å²) >= 11 is 0. The average molecular weight is 1700 g/mol. The Bertz CT molecular complexity index is 4740. The first-order valence-corrected chi connectivity index (χ1v) is 42.8. The Morgan fingerprint density at radius 2 is 0.575 bits per heavy atom. The summed E-state index contributed by atoms with van der Waals surface area (Å²) in [6.45, 7) is 24.5. The number of fused-ring (bicyclic) bond motifs is 12. The van der Waals surface area contributed by atoms with Crippen LogP contribution < -0.4 is 60.8 Å². The maximum Gasteiger partial charge on any atom is 0.323 e. The Kier molecular flexibility index (Phi) is 25.7. The predicted molar refractivity (Wildman–Crippen MR) is 471 cm³/mol. The van der Waals surface area contributed by atoms with Gasteiger partial charge in [0.05, 0.1) is 69.0 Å². The summed E-state index contributed by atoms with van der Waals surface area (Å²) in [6, 6.07) is 10.9. The van der Waals surface area contributed by atoms with Crippen molar-refractivity contribution >= 4 is 23.9 Å². The number of rotatable bonds is 28. The molecule has 0 radical (unpaired) electrons. The number of methoxy groups -OCH3 is 8. The molecule has 8 N–H and O–H groups in total. The maximum atomic E-state index is 12.9. The van der Waals surface area contributed by atoms with Crippen molar-refractivity contribution in [2.24, 2.45) is 93.9 Å². The molecule has 24 nitrogen and oxygen atoms in total. The van der Waals surface area contributed by atoms with Crippen LogP contribution in [0.5, 0.6) is 46.0 Å². The minimum Gasteiger partial charge on any atom is -0.493 e. The molecule has 8 aliphatic heterocycles. The van der Waals surface area contributed by atoms with Crippen LogP contribution in [0.4, 0.5) is 0 Å². The normalized spacial score (nSPS) is 29.2. The molecule has 0 aliphatic carbocycles. The van der Waals surface area contributed by atoms with Crippen molar-refractivity contribution in [2.75, 3.05) is 109 Å². The van der Waals surface area contributed by atoms with Crippen LogP contribution in [0.1, 0.15) is 259 Å². The van der Waals surface area contributed by atoms with Gasteiger partial charge in [-0.3, -0.25) is 38.8 Å². The molecule has 4 saturated heterocycles. The van der Waals surface area contributed by atoms with Gasteiger partial charge in [0, 0.05) is 142 Å². The molecule has 18 atom stereocenters. The number of esters is 4. The molecule has 12 rings (SSSR count). The first-order valence-electron chi connectivity index (χ1n) is 53.3. The molecule has 0 spiro atoms. The van der Waals surface area contributed by atoms with E-state index in [1.807, 2.05) is 43.6 Å². The zero-order valence-electron chi connectivity index (χ0n) is 95.2. The van der Waals surface area contributed by atoms with Gasteiger partial charge >= 0.3 is 23.9 Å². The van der Waals surface area contributed by atoms with Crippen molar-refractivity contribution in [3.05, 3.63) is 93.0 Å². The molecule has 2 unspecified atom stereocenters. The predicted octanol–water partition coefficient (Wildman–Crippen LogP) is 14.3. The number of nitrogens with zero attached hydrogens (tertiary/aromatic N) is 4. The summed E-state index contributed by atoms with van der Waals surface area (Å²) in [7, 11) is -0.272. The highest BCUT2D eigenvalue weighted by Gasteiger charge is 2.47. The molecule has 4 fully saturated rings. The van der Waals surface area contributed by atoms with Gasteiger partial charge in [-0.15, -0.1) is 0 Å². The average Bonchev–Trinajstić information content (AvgIpc) is 0.728. The summed E-state index contributed by atoms with van der Waals surface area (Å²) in [5, 5.41) is 0. The Hall–Kier alpha value is -7.16. The van der Waals surface area contributed by atoms with E-state index in [9.17, 15) is 19.2 Å². The maximum absolute atomic E-state index is 12.9. The van der Waals surface area contributed by atoms with Crippen LogP contribution in [0.2, 0.25) is 0 Å². The Labute approximate surface area is 748 Å². The van der Waals surface area contributed by atoms with Gasteiger partial charge in [0.1, 0.15) is 48.6 Å². The lowest BCUT2D eigenvalue weighted by Gasteiger charge is -2.47. The van der Waals surface area contributed by atoms with Gasteiger partial charge in [-0.05, 0) is 192 Å². The van der Waals surface area contributed by atoms with E-state index in [2.05, 4.69) is 49.6 Å². The highest BCUT2D eigenvalue weighted by atomic mass is 16.6. The highest BCUT2D eigenvalue weighted by molar-refractivity contribution is 5.77. The Balaban J connectivity index is 0.000000211. The van der Waals surface area contributed by atoms with Crippen LogP contribution in [0.15, 0.2) is 48.5 Å². The van der Waals surface area contributed by atoms with E-state index in [1.165, 1.54) is 32.5 Å². The van der Waals surface area contributed by atoms with Crippen molar-refractivity contribution in [3.8, 4) is 46.0 Å². The SMILES string of the molecule is COc1cc2c(cc1OC)[C@H]1C[C@H](OC(=O)[C@@H](N)C(C)C)[C@H](CC(C)C)CN1CC2.[2H]C([2H])([2H])Oc1cc2c(cc1OC)[C@@H]1C[C@@H](OC(=O)[C@@H](N)C(C)C)[C@@H](C([2H])([2H])C([2H])(C)C([2H])([2H])[2H])CN1CC2.[2H]C([2H])([2H])Oc1cc2c(cc1OC)[C@@H]1C[C@@H](OC(=O)[C@@H](N)C(C)C)[C@@H](C([2H])([2H])C([2H])(C)C([2H])([2H])[2H])CN1CC2.[2H]C([2H])([2H])Oc1cc2c(cc1OC)[C@H]1C[C@H](OC(=O)[C@@H](N)C(C)C)[C@H](CC(C)C)CN1CC2. The molecular weight excluding hydrogens is 1520 g/mol. The molecule has 0 saturated carbocycles. The molecule has 8 heterocycles. The van der Waals surface area contributed by atoms with Gasteiger partial charge in [0.25, 0.3) is 0 Å². The molecule has 8 aliphatic rings. The first-order chi connectivity index (χ1) is 65.0. The van der Waals surface area contributed by atoms with Gasteiger partial charge < -0.3 is 79.8 Å². The van der Waals surface area contributed by atoms with Crippen molar-refractivity contribution in [1.29, 1.82) is 0 Å². The summed E-state index contributed by atoms with van der Waals surface area (Å²) in [5.74, 6) is -5.39. The monoisotopic (exact) mass is 1690 g/mol. The lowest BCUT2D eigenvalue weighted by Crippen LogP contribution is -2.51. The molecule has 0 aromatic heterocycles. The van der Waals surface area contributed by atoms with Crippen molar-refractivity contribution in [2.45, 2.75) is 260 Å². The Morgan fingerprint density at radius 3 is 0.783 bits per heavy atom. The fraction of sp³-hybridized carbons (Fsp3) is 0.708. The van der Waals surface area contributed by atoms with Crippen molar-refractivity contribution < 1.29 is 105 Å². The lowest BCUT2D eigenvalue weighted by molar-refractivity contribution is -0.161. The zero-order chi connectivity index (χ0) is 106. The number of hydrogen-bond donors (Lipinski definition) is 4. The van der Waals surface area contributed by atoms with Crippen LogP contribution in [0.25, 0.3) is 0 Å². The number of carbonyl (C=O) groups excluding carboxylic acids is 4. The fourth-order valence-electron chi connectivity index (χ4n) is 18.3. The molecular formula is C96H152N8O16.